The van der Waals surface area contributed by atoms with Crippen molar-refractivity contribution < 1.29 is 31.9 Å². The van der Waals surface area contributed by atoms with Crippen molar-refractivity contribution >= 4 is 23.4 Å². The zero-order chi connectivity index (χ0) is 23.5. The van der Waals surface area contributed by atoms with E-state index in [0.29, 0.717) is 23.7 Å². The number of likely N-dealkylation sites (tertiary alicyclic amines) is 1. The van der Waals surface area contributed by atoms with Gasteiger partial charge in [0.2, 0.25) is 0 Å². The first-order valence-corrected chi connectivity index (χ1v) is 10.8. The number of methoxy groups -OCH3 is 1. The molecule has 0 spiro atoms. The predicted molar refractivity (Wildman–Crippen MR) is 111 cm³/mol. The Morgan fingerprint density at radius 3 is 2.62 bits per heavy atom. The number of hydrogen-bond acceptors (Lipinski definition) is 4. The minimum Gasteiger partial charge on any atom is -0.497 e. The van der Waals surface area contributed by atoms with Gasteiger partial charge in [-0.2, -0.15) is 13.2 Å². The van der Waals surface area contributed by atoms with E-state index in [-0.39, 0.29) is 49.4 Å². The summed E-state index contributed by atoms with van der Waals surface area (Å²) in [7, 11) is 1.42. The average Bonchev–Trinajstić information content (AvgIpc) is 3.27. The summed E-state index contributed by atoms with van der Waals surface area (Å²) in [6.45, 7) is 0.445. The molecule has 2 atom stereocenters. The Kier molecular flexibility index (Phi) is 7.54. The molecule has 2 unspecified atom stereocenters. The number of alkyl halides is 4. The summed E-state index contributed by atoms with van der Waals surface area (Å²) >= 11 is 5.99. The molecule has 2 heterocycles. The van der Waals surface area contributed by atoms with Crippen LogP contribution < -0.4 is 15.4 Å². The summed E-state index contributed by atoms with van der Waals surface area (Å²) < 4.78 is 60.6. The molecule has 0 radical (unpaired) electrons. The SMILES string of the molecule is COc1cc(Cl)cc(C(=O)NCC2(C(F)C(=O)N3CCCC3C(F)(F)F)CCNCC2)c1. The lowest BCUT2D eigenvalue weighted by Gasteiger charge is -2.41. The van der Waals surface area contributed by atoms with Gasteiger partial charge in [-0.15, -0.1) is 0 Å². The molecule has 6 nitrogen and oxygen atoms in total. The van der Waals surface area contributed by atoms with E-state index in [1.165, 1.54) is 25.3 Å². The molecule has 1 aromatic rings. The first-order chi connectivity index (χ1) is 15.1. The van der Waals surface area contributed by atoms with E-state index in [2.05, 4.69) is 10.6 Å². The smallest absolute Gasteiger partial charge is 0.408 e. The first-order valence-electron chi connectivity index (χ1n) is 10.4. The zero-order valence-electron chi connectivity index (χ0n) is 17.6. The number of carbonyl (C=O) groups is 2. The quantitative estimate of drug-likeness (QED) is 0.614. The molecule has 2 N–H and O–H groups in total. The van der Waals surface area contributed by atoms with Crippen molar-refractivity contribution in [3.8, 4) is 5.75 Å². The number of nitrogens with zero attached hydrogens (tertiary/aromatic N) is 1. The number of hydrogen-bond donors (Lipinski definition) is 2. The Morgan fingerprint density at radius 1 is 1.31 bits per heavy atom. The molecule has 2 aliphatic rings. The molecule has 2 saturated heterocycles. The fourth-order valence-electron chi connectivity index (χ4n) is 4.39. The number of rotatable bonds is 6. The summed E-state index contributed by atoms with van der Waals surface area (Å²) in [5.41, 5.74) is -1.11. The average molecular weight is 480 g/mol. The van der Waals surface area contributed by atoms with Crippen molar-refractivity contribution in [2.45, 2.75) is 44.1 Å². The van der Waals surface area contributed by atoms with Gasteiger partial charge in [-0.3, -0.25) is 9.59 Å². The lowest BCUT2D eigenvalue weighted by molar-refractivity contribution is -0.187. The van der Waals surface area contributed by atoms with Gasteiger partial charge >= 0.3 is 6.18 Å². The lowest BCUT2D eigenvalue weighted by atomic mass is 9.74. The molecule has 2 amide bonds. The van der Waals surface area contributed by atoms with Gasteiger partial charge in [0.15, 0.2) is 6.17 Å². The van der Waals surface area contributed by atoms with Crippen LogP contribution in [0.15, 0.2) is 18.2 Å². The molecule has 0 saturated carbocycles. The molecule has 0 aromatic heterocycles. The van der Waals surface area contributed by atoms with Crippen molar-refractivity contribution in [2.24, 2.45) is 5.41 Å². The van der Waals surface area contributed by atoms with Gasteiger partial charge in [0.1, 0.15) is 11.8 Å². The third-order valence-corrected chi connectivity index (χ3v) is 6.46. The molecule has 11 heteroatoms. The molecule has 1 aromatic carbocycles. The van der Waals surface area contributed by atoms with E-state index in [9.17, 15) is 22.8 Å². The highest BCUT2D eigenvalue weighted by atomic mass is 35.5. The Labute approximate surface area is 188 Å². The van der Waals surface area contributed by atoms with Crippen LogP contribution >= 0.6 is 11.6 Å². The second kappa shape index (κ2) is 9.82. The van der Waals surface area contributed by atoms with Gasteiger partial charge in [-0.1, -0.05) is 11.6 Å². The standard InChI is InChI=1S/C21H26ClF4N3O3/c1-32-15-10-13(9-14(22)11-15)18(30)28-12-20(4-6-27-7-5-20)17(23)19(31)29-8-2-3-16(29)21(24,25)26/h9-11,16-17,27H,2-8,12H2,1H3,(H,28,30). The Morgan fingerprint density at radius 2 is 2.00 bits per heavy atom. The fourth-order valence-corrected chi connectivity index (χ4v) is 4.62. The van der Waals surface area contributed by atoms with E-state index in [0.717, 1.165) is 0 Å². The maximum atomic E-state index is 15.6. The van der Waals surface area contributed by atoms with Crippen LogP contribution in [0.1, 0.15) is 36.0 Å². The highest BCUT2D eigenvalue weighted by molar-refractivity contribution is 6.31. The number of nitrogens with one attached hydrogen (secondary N) is 2. The molecule has 0 bridgehead atoms. The minimum absolute atomic E-state index is 0.133. The van der Waals surface area contributed by atoms with Gasteiger partial charge < -0.3 is 20.3 Å². The summed E-state index contributed by atoms with van der Waals surface area (Å²) in [5, 5.41) is 5.98. The molecular weight excluding hydrogens is 454 g/mol. The van der Waals surface area contributed by atoms with Crippen molar-refractivity contribution in [3.05, 3.63) is 28.8 Å². The van der Waals surface area contributed by atoms with E-state index < -0.39 is 35.6 Å². The molecule has 0 aliphatic carbocycles. The predicted octanol–water partition coefficient (Wildman–Crippen LogP) is 3.34. The Balaban J connectivity index is 1.77. The number of halogens is 5. The van der Waals surface area contributed by atoms with Gasteiger partial charge in [-0.25, -0.2) is 4.39 Å². The van der Waals surface area contributed by atoms with Crippen molar-refractivity contribution in [1.29, 1.82) is 0 Å². The van der Waals surface area contributed by atoms with Gasteiger partial charge in [0.25, 0.3) is 11.8 Å². The molecular formula is C21H26ClF4N3O3. The second-order valence-electron chi connectivity index (χ2n) is 8.27. The summed E-state index contributed by atoms with van der Waals surface area (Å²) in [5.74, 6) is -1.34. The second-order valence-corrected chi connectivity index (χ2v) is 8.71. The highest BCUT2D eigenvalue weighted by Gasteiger charge is 2.52. The Hall–Kier alpha value is -2.07. The first kappa shape index (κ1) is 24.6. The topological polar surface area (TPSA) is 70.7 Å². The van der Waals surface area contributed by atoms with Crippen LogP contribution in [0.5, 0.6) is 5.75 Å². The normalized spacial score (nSPS) is 21.8. The molecule has 2 aliphatic heterocycles. The van der Waals surface area contributed by atoms with Crippen LogP contribution in [0.2, 0.25) is 5.02 Å². The van der Waals surface area contributed by atoms with E-state index in [1.54, 1.807) is 0 Å². The summed E-state index contributed by atoms with van der Waals surface area (Å²) in [6, 6.07) is 2.44. The van der Waals surface area contributed by atoms with Crippen LogP contribution in [-0.2, 0) is 4.79 Å². The van der Waals surface area contributed by atoms with Gasteiger partial charge in [-0.05, 0) is 57.0 Å². The van der Waals surface area contributed by atoms with Crippen LogP contribution in [0, 0.1) is 5.41 Å². The third-order valence-electron chi connectivity index (χ3n) is 6.24. The number of amides is 2. The largest absolute Gasteiger partial charge is 0.497 e. The van der Waals surface area contributed by atoms with Crippen molar-refractivity contribution in [3.63, 3.8) is 0 Å². The maximum Gasteiger partial charge on any atom is 0.408 e. The molecule has 3 rings (SSSR count). The third kappa shape index (κ3) is 5.28. The monoisotopic (exact) mass is 479 g/mol. The molecule has 32 heavy (non-hydrogen) atoms. The van der Waals surface area contributed by atoms with Gasteiger partial charge in [0, 0.05) is 29.1 Å². The molecule has 2 fully saturated rings. The number of ether oxygens (including phenoxy) is 1. The van der Waals surface area contributed by atoms with E-state index in [1.807, 2.05) is 0 Å². The fraction of sp³-hybridized carbons (Fsp3) is 0.619. The number of benzene rings is 1. The maximum absolute atomic E-state index is 15.6. The van der Waals surface area contributed by atoms with Crippen LogP contribution in [-0.4, -0.2) is 68.4 Å². The Bertz CT molecular complexity index is 846. The summed E-state index contributed by atoms with van der Waals surface area (Å²) in [4.78, 5) is 26.1. The van der Waals surface area contributed by atoms with E-state index in [4.69, 9.17) is 16.3 Å². The highest BCUT2D eigenvalue weighted by Crippen LogP contribution is 2.39. The zero-order valence-corrected chi connectivity index (χ0v) is 18.4. The van der Waals surface area contributed by atoms with Gasteiger partial charge in [0.05, 0.1) is 7.11 Å². The van der Waals surface area contributed by atoms with Crippen molar-refractivity contribution in [2.75, 3.05) is 33.3 Å². The van der Waals surface area contributed by atoms with Crippen LogP contribution in [0.3, 0.4) is 0 Å². The van der Waals surface area contributed by atoms with Crippen LogP contribution in [0.4, 0.5) is 17.6 Å². The minimum atomic E-state index is -4.60. The van der Waals surface area contributed by atoms with Crippen LogP contribution in [0.25, 0.3) is 0 Å². The number of carbonyl (C=O) groups excluding carboxylic acids is 2. The summed E-state index contributed by atoms with van der Waals surface area (Å²) in [6.07, 6.45) is -6.43. The van der Waals surface area contributed by atoms with E-state index >= 15 is 4.39 Å². The lowest BCUT2D eigenvalue weighted by Crippen LogP contribution is -2.57. The molecule has 178 valence electrons. The van der Waals surface area contributed by atoms with Crippen molar-refractivity contribution in [1.82, 2.24) is 15.5 Å². The number of piperidine rings is 1.